The van der Waals surface area contributed by atoms with Crippen LogP contribution in [0.5, 0.6) is 0 Å². The number of nitrogens with two attached hydrogens (primary N) is 1. The number of aliphatic hydroxyl groups is 6. The molecule has 1 saturated carbocycles. The number of nitrogens with zero attached hydrogens (tertiary/aromatic N) is 2. The third kappa shape index (κ3) is 10.5. The first-order chi connectivity index (χ1) is 25.7. The van der Waals surface area contributed by atoms with Crippen LogP contribution in [0.3, 0.4) is 0 Å². The third-order valence-electron chi connectivity index (χ3n) is 9.38. The van der Waals surface area contributed by atoms with Crippen molar-refractivity contribution in [2.75, 3.05) is 39.5 Å². The lowest BCUT2D eigenvalue weighted by atomic mass is 9.83. The maximum atomic E-state index is 13.7. The molecule has 1 saturated heterocycles. The lowest BCUT2D eigenvalue weighted by Gasteiger charge is -2.48. The van der Waals surface area contributed by atoms with E-state index in [-0.39, 0.29) is 61.8 Å². The zero-order valence-corrected chi connectivity index (χ0v) is 30.5. The van der Waals surface area contributed by atoms with E-state index < -0.39 is 73.2 Å². The van der Waals surface area contributed by atoms with E-state index in [0.29, 0.717) is 24.8 Å². The number of β-amino-alcohol motifs (C(OH)–C–C–N with tert-alkyl or cyclic N) is 1. The second kappa shape index (κ2) is 19.7. The first-order valence-electron chi connectivity index (χ1n) is 18.0. The Labute approximate surface area is 313 Å². The van der Waals surface area contributed by atoms with Crippen LogP contribution in [0.25, 0.3) is 0 Å². The van der Waals surface area contributed by atoms with E-state index in [4.69, 9.17) is 34.5 Å². The molecule has 3 heterocycles. The Bertz CT molecular complexity index is 1470. The number of carboxylic acid groups (broad SMARTS) is 1. The molecule has 0 bridgehead atoms. The summed E-state index contributed by atoms with van der Waals surface area (Å²) in [5, 5.41) is 74.1. The number of guanidine groups is 1. The summed E-state index contributed by atoms with van der Waals surface area (Å²) in [7, 11) is 0. The molecule has 18 nitrogen and oxygen atoms in total. The molecule has 0 amide bonds. The average molecular weight is 767 g/mol. The number of ether oxygens (including phenoxy) is 5. The van der Waals surface area contributed by atoms with E-state index in [2.05, 4.69) is 16.9 Å². The lowest BCUT2D eigenvalue weighted by Crippen LogP contribution is -2.69. The van der Waals surface area contributed by atoms with Crippen molar-refractivity contribution in [3.63, 3.8) is 0 Å². The van der Waals surface area contributed by atoms with E-state index in [0.717, 1.165) is 12.8 Å². The quantitative estimate of drug-likeness (QED) is 0.0216. The predicted octanol–water partition coefficient (Wildman–Crippen LogP) is -0.927. The molecule has 4 aliphatic rings. The highest BCUT2D eigenvalue weighted by molar-refractivity contribution is 5.92. The van der Waals surface area contributed by atoms with E-state index in [1.807, 2.05) is 0 Å². The SMILES string of the molecule is C=C[C@H]1[C@H](O[C@@H]2O[C@H](CO)[C@@H](O)C(O)(O)[C@H]2OC(C)C)OC=C(C(=O)OC2CCCC2)[C@H]1/C=C\C1=CN(CCO)CC(C(=O)O)=C1NC(N)=NCCCO. The standard InChI is InChI=1S/C36H54N4O14/c1-4-23-24(11-10-21-16-40(13-15-42)17-25(31(45)46)28(21)39-35(37)38-12-7-14-41)26(32(47)52-22-8-5-6-9-22)19-50-33(23)54-34-30(51-20(2)3)36(48,49)29(44)27(18-43)53-34/h4,10-11,16,19-20,22-24,27,29-30,33-34,41-44,48-49H,1,5-9,12-15,17-18H2,2-3H3,(H,45,46)(H3,37,38,39)/b11-10-/t23-,24+,27-,29-,30+,33+,34+/m1/s1. The van der Waals surface area contributed by atoms with Gasteiger partial charge in [0.25, 0.3) is 0 Å². The Morgan fingerprint density at radius 1 is 1.19 bits per heavy atom. The van der Waals surface area contributed by atoms with Gasteiger partial charge < -0.3 is 75.4 Å². The van der Waals surface area contributed by atoms with Crippen molar-refractivity contribution < 1.29 is 69.0 Å². The van der Waals surface area contributed by atoms with Crippen LogP contribution in [0.15, 0.2) is 64.7 Å². The van der Waals surface area contributed by atoms with Crippen LogP contribution in [-0.4, -0.2) is 147 Å². The number of aliphatic hydroxyl groups excluding tert-OH is 4. The number of rotatable bonds is 17. The number of allylic oxidation sites excluding steroid dienone is 2. The molecule has 0 aromatic heterocycles. The Morgan fingerprint density at radius 3 is 2.52 bits per heavy atom. The highest BCUT2D eigenvalue weighted by Gasteiger charge is 2.57. The normalized spacial score (nSPS) is 29.2. The molecule has 0 aromatic carbocycles. The van der Waals surface area contributed by atoms with Crippen molar-refractivity contribution in [2.24, 2.45) is 22.6 Å². The summed E-state index contributed by atoms with van der Waals surface area (Å²) >= 11 is 0. The molecule has 7 atom stereocenters. The molecule has 0 spiro atoms. The van der Waals surface area contributed by atoms with Gasteiger partial charge in [0.15, 0.2) is 18.4 Å². The molecular formula is C36H54N4O14. The van der Waals surface area contributed by atoms with Gasteiger partial charge in [-0.25, -0.2) is 9.59 Å². The fourth-order valence-electron chi connectivity index (χ4n) is 6.63. The average Bonchev–Trinajstić information content (AvgIpc) is 3.64. The van der Waals surface area contributed by atoms with Crippen molar-refractivity contribution in [3.8, 4) is 0 Å². The minimum atomic E-state index is -2.92. The third-order valence-corrected chi connectivity index (χ3v) is 9.38. The second-order valence-corrected chi connectivity index (χ2v) is 13.7. The molecule has 0 aromatic rings. The smallest absolute Gasteiger partial charge is 0.338 e. The fourth-order valence-corrected chi connectivity index (χ4v) is 6.63. The molecule has 3 aliphatic heterocycles. The first kappa shape index (κ1) is 42.9. The topological polar surface area (TPSA) is 276 Å². The van der Waals surface area contributed by atoms with Gasteiger partial charge in [0.05, 0.1) is 54.9 Å². The van der Waals surface area contributed by atoms with Gasteiger partial charge in [-0.1, -0.05) is 18.2 Å². The molecule has 18 heteroatoms. The molecule has 4 rings (SSSR count). The summed E-state index contributed by atoms with van der Waals surface area (Å²) in [6.45, 7) is 6.21. The number of carbonyl (C=O) groups excluding carboxylic acids is 1. The number of aliphatic imine (C=N–C) groups is 1. The monoisotopic (exact) mass is 766 g/mol. The number of nitrogens with one attached hydrogen (secondary N) is 1. The van der Waals surface area contributed by atoms with Gasteiger partial charge >= 0.3 is 11.9 Å². The first-order valence-corrected chi connectivity index (χ1v) is 18.0. The van der Waals surface area contributed by atoms with Crippen LogP contribution in [0.2, 0.25) is 0 Å². The number of aliphatic carboxylic acids is 1. The second-order valence-electron chi connectivity index (χ2n) is 13.7. The van der Waals surface area contributed by atoms with Gasteiger partial charge in [0.1, 0.15) is 18.3 Å². The zero-order chi connectivity index (χ0) is 39.6. The molecule has 2 fully saturated rings. The van der Waals surface area contributed by atoms with Gasteiger partial charge in [-0.2, -0.15) is 0 Å². The van der Waals surface area contributed by atoms with Gasteiger partial charge in [0, 0.05) is 37.4 Å². The summed E-state index contributed by atoms with van der Waals surface area (Å²) in [5.74, 6) is -6.75. The number of carboxylic acids is 1. The Morgan fingerprint density at radius 2 is 1.91 bits per heavy atom. The summed E-state index contributed by atoms with van der Waals surface area (Å²) < 4.78 is 29.4. The largest absolute Gasteiger partial charge is 0.478 e. The van der Waals surface area contributed by atoms with Gasteiger partial charge in [-0.3, -0.25) is 4.99 Å². The Balaban J connectivity index is 1.75. The highest BCUT2D eigenvalue weighted by atomic mass is 16.8. The Kier molecular flexibility index (Phi) is 15.6. The van der Waals surface area contributed by atoms with E-state index in [1.165, 1.54) is 12.3 Å². The predicted molar refractivity (Wildman–Crippen MR) is 190 cm³/mol. The maximum absolute atomic E-state index is 13.7. The Hall–Kier alpha value is -3.85. The number of hydrogen-bond donors (Lipinski definition) is 9. The molecule has 302 valence electrons. The molecule has 1 aliphatic carbocycles. The molecular weight excluding hydrogens is 712 g/mol. The lowest BCUT2D eigenvalue weighted by molar-refractivity contribution is -0.413. The summed E-state index contributed by atoms with van der Waals surface area (Å²) in [5.41, 5.74) is 6.50. The van der Waals surface area contributed by atoms with Crippen LogP contribution in [-0.2, 0) is 33.3 Å². The van der Waals surface area contributed by atoms with E-state index in [9.17, 15) is 40.2 Å². The van der Waals surface area contributed by atoms with Gasteiger partial charge in [-0.05, 0) is 46.0 Å². The van der Waals surface area contributed by atoms with Gasteiger partial charge in [0.2, 0.25) is 12.1 Å². The zero-order valence-electron chi connectivity index (χ0n) is 30.5. The van der Waals surface area contributed by atoms with Crippen molar-refractivity contribution in [2.45, 2.75) is 94.8 Å². The van der Waals surface area contributed by atoms with Crippen LogP contribution >= 0.6 is 0 Å². The molecule has 10 N–H and O–H groups in total. The molecule has 54 heavy (non-hydrogen) atoms. The summed E-state index contributed by atoms with van der Waals surface area (Å²) in [6.07, 6.45) is 1.98. The minimum absolute atomic E-state index is 0.0791. The minimum Gasteiger partial charge on any atom is -0.478 e. The molecule has 0 unspecified atom stereocenters. The van der Waals surface area contributed by atoms with Crippen LogP contribution in [0, 0.1) is 11.8 Å². The van der Waals surface area contributed by atoms with Crippen LogP contribution < -0.4 is 11.1 Å². The maximum Gasteiger partial charge on any atom is 0.338 e. The van der Waals surface area contributed by atoms with Gasteiger partial charge in [-0.15, -0.1) is 6.58 Å². The number of carbonyl (C=O) groups is 2. The fraction of sp³-hybridized carbons (Fsp3) is 0.639. The van der Waals surface area contributed by atoms with Crippen molar-refractivity contribution >= 4 is 17.9 Å². The van der Waals surface area contributed by atoms with Crippen LogP contribution in [0.4, 0.5) is 0 Å². The molecule has 0 radical (unpaired) electrons. The summed E-state index contributed by atoms with van der Waals surface area (Å²) in [6, 6.07) is 0. The van der Waals surface area contributed by atoms with Crippen molar-refractivity contribution in [3.05, 3.63) is 59.7 Å². The number of esters is 1. The van der Waals surface area contributed by atoms with Crippen LogP contribution in [0.1, 0.15) is 46.0 Å². The number of hydrogen-bond acceptors (Lipinski definition) is 15. The van der Waals surface area contributed by atoms with E-state index in [1.54, 1.807) is 37.1 Å². The van der Waals surface area contributed by atoms with Crippen molar-refractivity contribution in [1.29, 1.82) is 0 Å². The van der Waals surface area contributed by atoms with Crippen molar-refractivity contribution in [1.82, 2.24) is 10.2 Å². The highest BCUT2D eigenvalue weighted by Crippen LogP contribution is 2.39. The summed E-state index contributed by atoms with van der Waals surface area (Å²) in [4.78, 5) is 32.0. The van der Waals surface area contributed by atoms with E-state index >= 15 is 0 Å².